The predicted octanol–water partition coefficient (Wildman–Crippen LogP) is 1.49. The number of aliphatic hydroxyl groups excluding tert-OH is 2. The molecule has 0 saturated heterocycles. The molecule has 1 unspecified atom stereocenters. The Balaban J connectivity index is 2.39. The summed E-state index contributed by atoms with van der Waals surface area (Å²) in [4.78, 5) is 13.5. The number of carbonyl (C=O) groups excluding carboxylic acids is 1. The Labute approximate surface area is 125 Å². The Kier molecular flexibility index (Phi) is 7.45. The van der Waals surface area contributed by atoms with Crippen molar-refractivity contribution >= 4 is 33.6 Å². The van der Waals surface area contributed by atoms with Crippen molar-refractivity contribution in [3.63, 3.8) is 0 Å². The van der Waals surface area contributed by atoms with E-state index in [4.69, 9.17) is 5.11 Å². The van der Waals surface area contributed by atoms with E-state index in [-0.39, 0.29) is 12.5 Å². The van der Waals surface area contributed by atoms with Gasteiger partial charge in [0, 0.05) is 23.8 Å². The second kappa shape index (κ2) is 8.58. The molecule has 0 spiro atoms. The summed E-state index contributed by atoms with van der Waals surface area (Å²) in [5.74, 6) is 0.675. The summed E-state index contributed by atoms with van der Waals surface area (Å²) in [6.07, 6.45) is -0.758. The standard InChI is InChI=1S/C13H18BrNO3S/c1-15(6-10-4-2-3-5-12(10)14)13(18)9-19-8-11(17)7-16/h2-5,11,16-17H,6-9H2,1H3. The lowest BCUT2D eigenvalue weighted by atomic mass is 10.2. The quantitative estimate of drug-likeness (QED) is 0.784. The summed E-state index contributed by atoms with van der Waals surface area (Å²) in [5.41, 5.74) is 1.05. The van der Waals surface area contributed by atoms with E-state index in [1.165, 1.54) is 11.8 Å². The molecule has 0 bridgehead atoms. The highest BCUT2D eigenvalue weighted by Crippen LogP contribution is 2.17. The molecular weight excluding hydrogens is 330 g/mol. The van der Waals surface area contributed by atoms with Crippen molar-refractivity contribution in [2.75, 3.05) is 25.2 Å². The molecule has 0 radical (unpaired) electrons. The monoisotopic (exact) mass is 347 g/mol. The number of amides is 1. The number of nitrogens with zero attached hydrogens (tertiary/aromatic N) is 1. The molecule has 1 aromatic carbocycles. The van der Waals surface area contributed by atoms with Crippen LogP contribution in [0.25, 0.3) is 0 Å². The van der Waals surface area contributed by atoms with Gasteiger partial charge in [-0.2, -0.15) is 0 Å². The number of rotatable bonds is 7. The second-order valence-electron chi connectivity index (χ2n) is 4.19. The van der Waals surface area contributed by atoms with Crippen LogP contribution >= 0.6 is 27.7 Å². The molecule has 4 nitrogen and oxygen atoms in total. The number of benzene rings is 1. The van der Waals surface area contributed by atoms with E-state index in [1.54, 1.807) is 11.9 Å². The van der Waals surface area contributed by atoms with Gasteiger partial charge in [-0.05, 0) is 11.6 Å². The number of thioether (sulfide) groups is 1. The van der Waals surface area contributed by atoms with Gasteiger partial charge in [0.15, 0.2) is 0 Å². The van der Waals surface area contributed by atoms with Crippen molar-refractivity contribution in [2.24, 2.45) is 0 Å². The first-order valence-electron chi connectivity index (χ1n) is 5.88. The first-order chi connectivity index (χ1) is 9.04. The van der Waals surface area contributed by atoms with Crippen LogP contribution in [0.15, 0.2) is 28.7 Å². The minimum absolute atomic E-state index is 0.00546. The van der Waals surface area contributed by atoms with Crippen molar-refractivity contribution in [3.05, 3.63) is 34.3 Å². The number of hydrogen-bond acceptors (Lipinski definition) is 4. The van der Waals surface area contributed by atoms with Gasteiger partial charge in [-0.1, -0.05) is 34.1 Å². The Morgan fingerprint density at radius 2 is 2.16 bits per heavy atom. The zero-order valence-corrected chi connectivity index (χ0v) is 13.2. The highest BCUT2D eigenvalue weighted by Gasteiger charge is 2.11. The minimum Gasteiger partial charge on any atom is -0.394 e. The van der Waals surface area contributed by atoms with E-state index < -0.39 is 6.10 Å². The summed E-state index contributed by atoms with van der Waals surface area (Å²) in [6.45, 7) is 0.275. The van der Waals surface area contributed by atoms with Gasteiger partial charge in [-0.25, -0.2) is 0 Å². The summed E-state index contributed by atoms with van der Waals surface area (Å²) in [7, 11) is 1.75. The van der Waals surface area contributed by atoms with Crippen molar-refractivity contribution in [1.82, 2.24) is 4.90 Å². The lowest BCUT2D eigenvalue weighted by Crippen LogP contribution is -2.28. The minimum atomic E-state index is -0.758. The van der Waals surface area contributed by atoms with Crippen LogP contribution in [0.2, 0.25) is 0 Å². The van der Waals surface area contributed by atoms with E-state index in [0.717, 1.165) is 10.0 Å². The largest absolute Gasteiger partial charge is 0.394 e. The molecule has 19 heavy (non-hydrogen) atoms. The molecule has 2 N–H and O–H groups in total. The zero-order chi connectivity index (χ0) is 14.3. The summed E-state index contributed by atoms with van der Waals surface area (Å²) in [6, 6.07) is 7.78. The fraction of sp³-hybridized carbons (Fsp3) is 0.462. The molecule has 0 heterocycles. The maximum atomic E-state index is 11.9. The van der Waals surface area contributed by atoms with E-state index in [0.29, 0.717) is 18.1 Å². The van der Waals surface area contributed by atoms with Crippen molar-refractivity contribution in [3.8, 4) is 0 Å². The topological polar surface area (TPSA) is 60.8 Å². The first-order valence-corrected chi connectivity index (χ1v) is 7.83. The average Bonchev–Trinajstić information content (AvgIpc) is 2.40. The van der Waals surface area contributed by atoms with E-state index in [9.17, 15) is 9.90 Å². The Morgan fingerprint density at radius 1 is 1.47 bits per heavy atom. The smallest absolute Gasteiger partial charge is 0.232 e. The van der Waals surface area contributed by atoms with Gasteiger partial charge in [0.1, 0.15) is 0 Å². The van der Waals surface area contributed by atoms with Crippen LogP contribution < -0.4 is 0 Å². The van der Waals surface area contributed by atoms with Gasteiger partial charge in [0.2, 0.25) is 5.91 Å². The van der Waals surface area contributed by atoms with Crippen LogP contribution in [0.4, 0.5) is 0 Å². The van der Waals surface area contributed by atoms with Crippen LogP contribution in [0.5, 0.6) is 0 Å². The molecular formula is C13H18BrNO3S. The molecule has 1 amide bonds. The summed E-state index contributed by atoms with van der Waals surface area (Å²) in [5, 5.41) is 17.8. The molecule has 6 heteroatoms. The van der Waals surface area contributed by atoms with Crippen LogP contribution in [0.3, 0.4) is 0 Å². The zero-order valence-electron chi connectivity index (χ0n) is 10.8. The van der Waals surface area contributed by atoms with Gasteiger partial charge in [0.05, 0.1) is 18.5 Å². The van der Waals surface area contributed by atoms with Gasteiger partial charge >= 0.3 is 0 Å². The van der Waals surface area contributed by atoms with E-state index >= 15 is 0 Å². The number of carbonyl (C=O) groups is 1. The third kappa shape index (κ3) is 5.95. The Hall–Kier alpha value is -0.560. The van der Waals surface area contributed by atoms with Crippen LogP contribution in [0, 0.1) is 0 Å². The highest BCUT2D eigenvalue weighted by molar-refractivity contribution is 9.10. The van der Waals surface area contributed by atoms with Gasteiger partial charge < -0.3 is 15.1 Å². The molecule has 0 aliphatic heterocycles. The Morgan fingerprint density at radius 3 is 2.79 bits per heavy atom. The van der Waals surface area contributed by atoms with Gasteiger partial charge in [-0.3, -0.25) is 4.79 Å². The van der Waals surface area contributed by atoms with Crippen LogP contribution in [-0.4, -0.2) is 52.3 Å². The SMILES string of the molecule is CN(Cc1ccccc1Br)C(=O)CSCC(O)CO. The molecule has 0 aliphatic rings. The number of hydrogen-bond donors (Lipinski definition) is 2. The molecule has 0 saturated carbocycles. The Bertz CT molecular complexity index is 417. The highest BCUT2D eigenvalue weighted by atomic mass is 79.9. The molecule has 106 valence electrons. The fourth-order valence-corrected chi connectivity index (χ4v) is 2.72. The second-order valence-corrected chi connectivity index (χ2v) is 6.08. The van der Waals surface area contributed by atoms with Crippen LogP contribution in [0.1, 0.15) is 5.56 Å². The summed E-state index contributed by atoms with van der Waals surface area (Å²) >= 11 is 4.78. The number of aliphatic hydroxyl groups is 2. The molecule has 0 aliphatic carbocycles. The molecule has 1 aromatic rings. The van der Waals surface area contributed by atoms with Crippen molar-refractivity contribution < 1.29 is 15.0 Å². The van der Waals surface area contributed by atoms with Crippen LogP contribution in [-0.2, 0) is 11.3 Å². The third-order valence-corrected chi connectivity index (χ3v) is 4.38. The van der Waals surface area contributed by atoms with Crippen molar-refractivity contribution in [2.45, 2.75) is 12.6 Å². The summed E-state index contributed by atoms with van der Waals surface area (Å²) < 4.78 is 0.984. The lowest BCUT2D eigenvalue weighted by molar-refractivity contribution is -0.127. The fourth-order valence-electron chi connectivity index (χ4n) is 1.42. The average molecular weight is 348 g/mol. The maximum Gasteiger partial charge on any atom is 0.232 e. The normalized spacial score (nSPS) is 12.2. The lowest BCUT2D eigenvalue weighted by Gasteiger charge is -2.18. The van der Waals surface area contributed by atoms with E-state index in [2.05, 4.69) is 15.9 Å². The van der Waals surface area contributed by atoms with Gasteiger partial charge in [-0.15, -0.1) is 11.8 Å². The molecule has 0 aromatic heterocycles. The first kappa shape index (κ1) is 16.5. The van der Waals surface area contributed by atoms with E-state index in [1.807, 2.05) is 24.3 Å². The third-order valence-electron chi connectivity index (χ3n) is 2.54. The van der Waals surface area contributed by atoms with Gasteiger partial charge in [0.25, 0.3) is 0 Å². The molecule has 1 atom stereocenters. The molecule has 1 rings (SSSR count). The maximum absolute atomic E-state index is 11.9. The molecule has 0 fully saturated rings. The predicted molar refractivity (Wildman–Crippen MR) is 81.0 cm³/mol. The van der Waals surface area contributed by atoms with Crippen molar-refractivity contribution in [1.29, 1.82) is 0 Å². The number of halogens is 1.